The van der Waals surface area contributed by atoms with Gasteiger partial charge in [0.25, 0.3) is 0 Å². The fraction of sp³-hybridized carbons (Fsp3) is 0.364. The Labute approximate surface area is 178 Å². The van der Waals surface area contributed by atoms with Crippen molar-refractivity contribution in [3.63, 3.8) is 0 Å². The third-order valence-electron chi connectivity index (χ3n) is 5.23. The molecule has 0 aromatic heterocycles. The summed E-state index contributed by atoms with van der Waals surface area (Å²) >= 11 is 3.37. The number of carbonyl (C=O) groups excluding carboxylic acids is 2. The number of Topliss-reactive ketones (excluding diaryl/α,β-unsaturated/α-hetero) is 1. The van der Waals surface area contributed by atoms with Gasteiger partial charge >= 0.3 is 0 Å². The fourth-order valence-corrected chi connectivity index (χ4v) is 4.25. The second-order valence-electron chi connectivity index (χ2n) is 8.46. The molecule has 152 valence electrons. The van der Waals surface area contributed by atoms with Gasteiger partial charge in [0.1, 0.15) is 5.41 Å². The van der Waals surface area contributed by atoms with E-state index in [0.717, 1.165) is 10.0 Å². The van der Waals surface area contributed by atoms with Crippen LogP contribution in [0.2, 0.25) is 0 Å². The average molecular weight is 459 g/mol. The molecule has 0 spiro atoms. The van der Waals surface area contributed by atoms with Crippen LogP contribution in [0, 0.1) is 15.5 Å². The van der Waals surface area contributed by atoms with Gasteiger partial charge in [-0.1, -0.05) is 52.3 Å². The van der Waals surface area contributed by atoms with Crippen LogP contribution < -0.4 is 5.32 Å². The molecule has 0 bridgehead atoms. The van der Waals surface area contributed by atoms with Crippen molar-refractivity contribution in [2.75, 3.05) is 6.54 Å². The van der Waals surface area contributed by atoms with Gasteiger partial charge in [0.05, 0.1) is 5.92 Å². The van der Waals surface area contributed by atoms with Crippen LogP contribution in [0.3, 0.4) is 0 Å². The van der Waals surface area contributed by atoms with E-state index in [2.05, 4.69) is 21.2 Å². The SMILES string of the molecule is CC(C)(C)NC(=O)C1(C(C[N+](=O)[O-])c2ccc(Br)cc2)Cc2ccccc2C1=O. The van der Waals surface area contributed by atoms with Gasteiger partial charge in [0.15, 0.2) is 5.78 Å². The molecule has 1 aliphatic carbocycles. The van der Waals surface area contributed by atoms with E-state index in [1.807, 2.05) is 32.9 Å². The number of fused-ring (bicyclic) bond motifs is 1. The monoisotopic (exact) mass is 458 g/mol. The van der Waals surface area contributed by atoms with Crippen LogP contribution in [-0.4, -0.2) is 28.7 Å². The number of carbonyl (C=O) groups is 2. The Morgan fingerprint density at radius 3 is 2.38 bits per heavy atom. The van der Waals surface area contributed by atoms with Gasteiger partial charge in [-0.15, -0.1) is 0 Å². The molecule has 0 heterocycles. The van der Waals surface area contributed by atoms with E-state index in [1.165, 1.54) is 0 Å². The van der Waals surface area contributed by atoms with Crippen LogP contribution in [0.4, 0.5) is 0 Å². The highest BCUT2D eigenvalue weighted by Crippen LogP contribution is 2.48. The Kier molecular flexibility index (Phi) is 5.63. The quantitative estimate of drug-likeness (QED) is 0.413. The summed E-state index contributed by atoms with van der Waals surface area (Å²) in [4.78, 5) is 38.3. The number of halogens is 1. The largest absolute Gasteiger partial charge is 0.351 e. The normalized spacial score (nSPS) is 19.5. The molecular weight excluding hydrogens is 436 g/mol. The molecule has 2 atom stereocenters. The van der Waals surface area contributed by atoms with Gasteiger partial charge in [-0.05, 0) is 50.5 Å². The summed E-state index contributed by atoms with van der Waals surface area (Å²) in [6, 6.07) is 14.1. The zero-order valence-corrected chi connectivity index (χ0v) is 18.2. The molecule has 1 aliphatic rings. The first-order valence-electron chi connectivity index (χ1n) is 9.37. The first kappa shape index (κ1) is 21.2. The fourth-order valence-electron chi connectivity index (χ4n) is 3.98. The van der Waals surface area contributed by atoms with Crippen LogP contribution in [0.25, 0.3) is 0 Å². The highest BCUT2D eigenvalue weighted by molar-refractivity contribution is 9.10. The van der Waals surface area contributed by atoms with Crippen LogP contribution in [0.1, 0.15) is 48.2 Å². The summed E-state index contributed by atoms with van der Waals surface area (Å²) in [5, 5.41) is 14.5. The molecule has 0 aliphatic heterocycles. The van der Waals surface area contributed by atoms with E-state index in [-0.39, 0.29) is 12.2 Å². The Hall–Kier alpha value is -2.54. The van der Waals surface area contributed by atoms with Crippen molar-refractivity contribution >= 4 is 27.6 Å². The van der Waals surface area contributed by atoms with Crippen LogP contribution in [0.15, 0.2) is 53.0 Å². The van der Waals surface area contributed by atoms with E-state index in [9.17, 15) is 19.7 Å². The number of hydrogen-bond donors (Lipinski definition) is 1. The first-order chi connectivity index (χ1) is 13.5. The maximum absolute atomic E-state index is 13.6. The summed E-state index contributed by atoms with van der Waals surface area (Å²) in [5.41, 5.74) is -0.361. The van der Waals surface area contributed by atoms with E-state index < -0.39 is 34.2 Å². The molecule has 6 nitrogen and oxygen atoms in total. The number of benzene rings is 2. The van der Waals surface area contributed by atoms with Crippen LogP contribution in [-0.2, 0) is 11.2 Å². The van der Waals surface area contributed by atoms with E-state index in [0.29, 0.717) is 11.1 Å². The van der Waals surface area contributed by atoms with Crippen LogP contribution >= 0.6 is 15.9 Å². The van der Waals surface area contributed by atoms with Crippen molar-refractivity contribution in [2.45, 2.75) is 38.6 Å². The Bertz CT molecular complexity index is 966. The summed E-state index contributed by atoms with van der Waals surface area (Å²) in [6.45, 7) is 4.97. The minimum Gasteiger partial charge on any atom is -0.351 e. The molecule has 3 rings (SSSR count). The minimum atomic E-state index is -1.57. The lowest BCUT2D eigenvalue weighted by Gasteiger charge is -2.35. The number of nitro groups is 1. The molecule has 1 N–H and O–H groups in total. The smallest absolute Gasteiger partial charge is 0.235 e. The van der Waals surface area contributed by atoms with Crippen molar-refractivity contribution < 1.29 is 14.5 Å². The van der Waals surface area contributed by atoms with Crippen molar-refractivity contribution in [2.24, 2.45) is 5.41 Å². The topological polar surface area (TPSA) is 89.3 Å². The second kappa shape index (κ2) is 7.71. The Morgan fingerprint density at radius 2 is 1.83 bits per heavy atom. The number of nitrogens with one attached hydrogen (secondary N) is 1. The molecule has 29 heavy (non-hydrogen) atoms. The molecule has 2 aromatic rings. The summed E-state index contributed by atoms with van der Waals surface area (Å²) < 4.78 is 0.815. The lowest BCUT2D eigenvalue weighted by molar-refractivity contribution is -0.485. The van der Waals surface area contributed by atoms with Crippen molar-refractivity contribution in [3.05, 3.63) is 79.8 Å². The number of rotatable bonds is 5. The molecule has 0 fully saturated rings. The number of hydrogen-bond acceptors (Lipinski definition) is 4. The van der Waals surface area contributed by atoms with Crippen LogP contribution in [0.5, 0.6) is 0 Å². The van der Waals surface area contributed by atoms with Gasteiger partial charge in [0, 0.05) is 20.5 Å². The zero-order valence-electron chi connectivity index (χ0n) is 16.6. The molecular formula is C22H23BrN2O4. The summed E-state index contributed by atoms with van der Waals surface area (Å²) in [6.07, 6.45) is 0.137. The number of nitrogens with zero attached hydrogens (tertiary/aromatic N) is 1. The molecule has 1 amide bonds. The van der Waals surface area contributed by atoms with E-state index in [1.54, 1.807) is 36.4 Å². The van der Waals surface area contributed by atoms with E-state index in [4.69, 9.17) is 0 Å². The third kappa shape index (κ3) is 4.10. The predicted molar refractivity (Wildman–Crippen MR) is 114 cm³/mol. The minimum absolute atomic E-state index is 0.137. The zero-order chi connectivity index (χ0) is 21.4. The lowest BCUT2D eigenvalue weighted by atomic mass is 9.68. The average Bonchev–Trinajstić information content (AvgIpc) is 2.93. The molecule has 0 radical (unpaired) electrons. The van der Waals surface area contributed by atoms with Crippen molar-refractivity contribution in [3.8, 4) is 0 Å². The number of amides is 1. The molecule has 0 saturated carbocycles. The second-order valence-corrected chi connectivity index (χ2v) is 9.37. The van der Waals surface area contributed by atoms with Gasteiger partial charge < -0.3 is 5.32 Å². The highest BCUT2D eigenvalue weighted by atomic mass is 79.9. The summed E-state index contributed by atoms with van der Waals surface area (Å²) in [7, 11) is 0. The maximum atomic E-state index is 13.6. The lowest BCUT2D eigenvalue weighted by Crippen LogP contribution is -2.55. The van der Waals surface area contributed by atoms with Gasteiger partial charge in [-0.3, -0.25) is 19.7 Å². The molecule has 2 aromatic carbocycles. The van der Waals surface area contributed by atoms with Gasteiger partial charge in [-0.2, -0.15) is 0 Å². The Morgan fingerprint density at radius 1 is 1.21 bits per heavy atom. The van der Waals surface area contributed by atoms with Crippen molar-refractivity contribution in [1.29, 1.82) is 0 Å². The predicted octanol–water partition coefficient (Wildman–Crippen LogP) is 4.15. The Balaban J connectivity index is 2.20. The third-order valence-corrected chi connectivity index (χ3v) is 5.76. The number of ketones is 1. The van der Waals surface area contributed by atoms with Gasteiger partial charge in [-0.25, -0.2) is 0 Å². The van der Waals surface area contributed by atoms with E-state index >= 15 is 0 Å². The van der Waals surface area contributed by atoms with Crippen molar-refractivity contribution in [1.82, 2.24) is 5.32 Å². The van der Waals surface area contributed by atoms with Gasteiger partial charge in [0.2, 0.25) is 12.5 Å². The molecule has 2 unspecified atom stereocenters. The molecule has 7 heteroatoms. The maximum Gasteiger partial charge on any atom is 0.235 e. The summed E-state index contributed by atoms with van der Waals surface area (Å²) in [5.74, 6) is -1.72. The molecule has 0 saturated heterocycles. The first-order valence-corrected chi connectivity index (χ1v) is 10.2. The standard InChI is InChI=1S/C22H23BrN2O4/c1-21(2,3)24-20(27)22(12-15-6-4-5-7-17(15)19(22)26)18(13-25(28)29)14-8-10-16(23)11-9-14/h4-11,18H,12-13H2,1-3H3,(H,24,27). The highest BCUT2D eigenvalue weighted by Gasteiger charge is 2.58.